The van der Waals surface area contributed by atoms with E-state index in [1.807, 2.05) is 49.4 Å². The van der Waals surface area contributed by atoms with Gasteiger partial charge in [-0.1, -0.05) is 45.0 Å². The molecular formula is C21H26BrNO3. The number of methoxy groups -OCH3 is 1. The number of carbonyl (C=O) groups is 1. The predicted molar refractivity (Wildman–Crippen MR) is 108 cm³/mol. The molecule has 2 aromatic rings. The van der Waals surface area contributed by atoms with Crippen LogP contribution < -0.4 is 14.8 Å². The van der Waals surface area contributed by atoms with E-state index >= 15 is 0 Å². The minimum atomic E-state index is -0.185. The van der Waals surface area contributed by atoms with Crippen LogP contribution in [-0.2, 0) is 10.2 Å². The monoisotopic (exact) mass is 419 g/mol. The van der Waals surface area contributed by atoms with E-state index in [0.717, 1.165) is 15.8 Å². The fourth-order valence-electron chi connectivity index (χ4n) is 2.61. The number of hydrogen-bond donors (Lipinski definition) is 1. The quantitative estimate of drug-likeness (QED) is 0.715. The zero-order valence-corrected chi connectivity index (χ0v) is 17.5. The Bertz CT molecular complexity index is 768. The fraction of sp³-hybridized carbons (Fsp3) is 0.381. The lowest BCUT2D eigenvalue weighted by Crippen LogP contribution is -2.31. The number of para-hydroxylation sites is 1. The summed E-state index contributed by atoms with van der Waals surface area (Å²) >= 11 is 3.52. The van der Waals surface area contributed by atoms with Crippen molar-refractivity contribution in [1.29, 1.82) is 0 Å². The van der Waals surface area contributed by atoms with Crippen molar-refractivity contribution in [2.45, 2.75) is 39.2 Å². The van der Waals surface area contributed by atoms with Gasteiger partial charge in [0.05, 0.1) is 17.6 Å². The summed E-state index contributed by atoms with van der Waals surface area (Å²) in [5.41, 5.74) is 2.19. The van der Waals surface area contributed by atoms with E-state index in [2.05, 4.69) is 42.0 Å². The van der Waals surface area contributed by atoms with Gasteiger partial charge in [-0.2, -0.15) is 0 Å². The molecule has 0 aliphatic heterocycles. The molecule has 2 aromatic carbocycles. The average Bonchev–Trinajstić information content (AvgIpc) is 2.59. The highest BCUT2D eigenvalue weighted by Crippen LogP contribution is 2.31. The molecule has 0 spiro atoms. The lowest BCUT2D eigenvalue weighted by molar-refractivity contribution is -0.123. The largest absolute Gasteiger partial charge is 0.496 e. The minimum Gasteiger partial charge on any atom is -0.496 e. The highest BCUT2D eigenvalue weighted by Gasteiger charge is 2.17. The number of ether oxygens (including phenoxy) is 2. The summed E-state index contributed by atoms with van der Waals surface area (Å²) < 4.78 is 11.9. The molecule has 0 unspecified atom stereocenters. The van der Waals surface area contributed by atoms with E-state index in [4.69, 9.17) is 9.47 Å². The normalized spacial score (nSPS) is 12.4. The molecule has 0 heterocycles. The van der Waals surface area contributed by atoms with Gasteiger partial charge in [0.2, 0.25) is 0 Å². The zero-order chi connectivity index (χ0) is 19.3. The topological polar surface area (TPSA) is 47.6 Å². The predicted octanol–water partition coefficient (Wildman–Crippen LogP) is 5.01. The summed E-state index contributed by atoms with van der Waals surface area (Å²) in [5, 5.41) is 2.94. The van der Waals surface area contributed by atoms with E-state index < -0.39 is 0 Å². The zero-order valence-electron chi connectivity index (χ0n) is 15.9. The third kappa shape index (κ3) is 5.24. The second-order valence-electron chi connectivity index (χ2n) is 7.22. The number of halogens is 1. The van der Waals surface area contributed by atoms with Crippen molar-refractivity contribution >= 4 is 21.8 Å². The van der Waals surface area contributed by atoms with Gasteiger partial charge < -0.3 is 14.8 Å². The van der Waals surface area contributed by atoms with E-state index in [9.17, 15) is 4.79 Å². The van der Waals surface area contributed by atoms with Crippen LogP contribution >= 0.6 is 15.9 Å². The molecule has 0 saturated heterocycles. The number of rotatable bonds is 6. The SMILES string of the molecule is COc1ccccc1[C@H](C)NC(=O)COc1ccc(C(C)(C)C)cc1Br. The third-order valence-electron chi connectivity index (χ3n) is 4.14. The van der Waals surface area contributed by atoms with Crippen LogP contribution in [0.3, 0.4) is 0 Å². The lowest BCUT2D eigenvalue weighted by Gasteiger charge is -2.20. The smallest absolute Gasteiger partial charge is 0.258 e. The van der Waals surface area contributed by atoms with Gasteiger partial charge in [0.25, 0.3) is 5.91 Å². The van der Waals surface area contributed by atoms with Crippen LogP contribution in [-0.4, -0.2) is 19.6 Å². The molecule has 26 heavy (non-hydrogen) atoms. The van der Waals surface area contributed by atoms with Crippen molar-refractivity contribution in [1.82, 2.24) is 5.32 Å². The van der Waals surface area contributed by atoms with Gasteiger partial charge in [-0.25, -0.2) is 0 Å². The van der Waals surface area contributed by atoms with Crippen LogP contribution in [0.15, 0.2) is 46.9 Å². The molecule has 1 atom stereocenters. The molecule has 1 N–H and O–H groups in total. The summed E-state index contributed by atoms with van der Waals surface area (Å²) in [6, 6.07) is 13.4. The summed E-state index contributed by atoms with van der Waals surface area (Å²) in [6.45, 7) is 8.34. The Morgan fingerprint density at radius 3 is 2.46 bits per heavy atom. The van der Waals surface area contributed by atoms with E-state index in [1.165, 1.54) is 5.56 Å². The number of nitrogens with one attached hydrogen (secondary N) is 1. The first kappa shape index (κ1) is 20.3. The number of amides is 1. The highest BCUT2D eigenvalue weighted by atomic mass is 79.9. The maximum Gasteiger partial charge on any atom is 0.258 e. The van der Waals surface area contributed by atoms with Crippen molar-refractivity contribution in [2.75, 3.05) is 13.7 Å². The second kappa shape index (κ2) is 8.58. The van der Waals surface area contributed by atoms with Gasteiger partial charge >= 0.3 is 0 Å². The molecular weight excluding hydrogens is 394 g/mol. The first-order valence-corrected chi connectivity index (χ1v) is 9.36. The summed E-state index contributed by atoms with van der Waals surface area (Å²) in [6.07, 6.45) is 0. The van der Waals surface area contributed by atoms with Gasteiger partial charge in [0.1, 0.15) is 11.5 Å². The summed E-state index contributed by atoms with van der Waals surface area (Å²) in [7, 11) is 1.62. The lowest BCUT2D eigenvalue weighted by atomic mass is 9.87. The number of hydrogen-bond acceptors (Lipinski definition) is 3. The molecule has 5 heteroatoms. The van der Waals surface area contributed by atoms with Gasteiger partial charge in [0.15, 0.2) is 6.61 Å². The standard InChI is InChI=1S/C21H26BrNO3/c1-14(16-8-6-7-9-18(16)25-5)23-20(24)13-26-19-11-10-15(12-17(19)22)21(2,3)4/h6-12,14H,13H2,1-5H3,(H,23,24)/t14-/m0/s1. The van der Waals surface area contributed by atoms with Gasteiger partial charge in [-0.05, 0) is 52.0 Å². The summed E-state index contributed by atoms with van der Waals surface area (Å²) in [4.78, 5) is 12.2. The number of carbonyl (C=O) groups excluding carboxylic acids is 1. The van der Waals surface area contributed by atoms with E-state index in [0.29, 0.717) is 5.75 Å². The first-order chi connectivity index (χ1) is 12.2. The van der Waals surface area contributed by atoms with Crippen LogP contribution in [0.2, 0.25) is 0 Å². The Morgan fingerprint density at radius 2 is 1.85 bits per heavy atom. The molecule has 140 valence electrons. The van der Waals surface area contributed by atoms with Gasteiger partial charge in [0, 0.05) is 5.56 Å². The molecule has 2 rings (SSSR count). The minimum absolute atomic E-state index is 0.0487. The first-order valence-electron chi connectivity index (χ1n) is 8.57. The van der Waals surface area contributed by atoms with Gasteiger partial charge in [-0.3, -0.25) is 4.79 Å². The van der Waals surface area contributed by atoms with Crippen LogP contribution in [0.25, 0.3) is 0 Å². The molecule has 4 nitrogen and oxygen atoms in total. The average molecular weight is 420 g/mol. The van der Waals surface area contributed by atoms with Crippen molar-refractivity contribution in [3.8, 4) is 11.5 Å². The molecule has 0 radical (unpaired) electrons. The van der Waals surface area contributed by atoms with Crippen LogP contribution in [0.1, 0.15) is 44.9 Å². The highest BCUT2D eigenvalue weighted by molar-refractivity contribution is 9.10. The molecule has 0 fully saturated rings. The van der Waals surface area contributed by atoms with E-state index in [-0.39, 0.29) is 24.0 Å². The molecule has 0 aliphatic rings. The number of benzene rings is 2. The van der Waals surface area contributed by atoms with Crippen molar-refractivity contribution in [2.24, 2.45) is 0 Å². The molecule has 0 aromatic heterocycles. The maximum absolute atomic E-state index is 12.2. The Hall–Kier alpha value is -2.01. The van der Waals surface area contributed by atoms with Crippen LogP contribution in [0.5, 0.6) is 11.5 Å². The van der Waals surface area contributed by atoms with Crippen molar-refractivity contribution < 1.29 is 14.3 Å². The van der Waals surface area contributed by atoms with Crippen molar-refractivity contribution in [3.05, 3.63) is 58.1 Å². The van der Waals surface area contributed by atoms with Gasteiger partial charge in [-0.15, -0.1) is 0 Å². The summed E-state index contributed by atoms with van der Waals surface area (Å²) in [5.74, 6) is 1.22. The van der Waals surface area contributed by atoms with Crippen LogP contribution in [0.4, 0.5) is 0 Å². The molecule has 0 aliphatic carbocycles. The Kier molecular flexibility index (Phi) is 6.70. The Morgan fingerprint density at radius 1 is 1.15 bits per heavy atom. The third-order valence-corrected chi connectivity index (χ3v) is 4.76. The molecule has 1 amide bonds. The Labute approximate surface area is 164 Å². The van der Waals surface area contributed by atoms with Crippen LogP contribution in [0, 0.1) is 0 Å². The van der Waals surface area contributed by atoms with E-state index in [1.54, 1.807) is 7.11 Å². The molecule has 0 saturated carbocycles. The Balaban J connectivity index is 1.96. The maximum atomic E-state index is 12.2. The second-order valence-corrected chi connectivity index (χ2v) is 8.07. The molecule has 0 bridgehead atoms. The van der Waals surface area contributed by atoms with Crippen molar-refractivity contribution in [3.63, 3.8) is 0 Å². The fourth-order valence-corrected chi connectivity index (χ4v) is 3.11.